The molecule has 1 fully saturated rings. The van der Waals surface area contributed by atoms with Crippen LogP contribution in [0.3, 0.4) is 0 Å². The van der Waals surface area contributed by atoms with Crippen molar-refractivity contribution in [3.8, 4) is 5.75 Å². The van der Waals surface area contributed by atoms with E-state index in [1.807, 2.05) is 31.3 Å². The van der Waals surface area contributed by atoms with Crippen molar-refractivity contribution >= 4 is 5.91 Å². The second-order valence-corrected chi connectivity index (χ2v) is 5.13. The normalized spacial score (nSPS) is 18.8. The van der Waals surface area contributed by atoms with Crippen molar-refractivity contribution < 1.29 is 9.53 Å². The Hall–Kier alpha value is -1.59. The Morgan fingerprint density at radius 3 is 2.80 bits per heavy atom. The molecule has 5 nitrogen and oxygen atoms in total. The van der Waals surface area contributed by atoms with Crippen molar-refractivity contribution in [3.63, 3.8) is 0 Å². The van der Waals surface area contributed by atoms with E-state index in [9.17, 15) is 4.79 Å². The third-order valence-corrected chi connectivity index (χ3v) is 3.86. The Balaban J connectivity index is 2.25. The molecular formula is C15H23N3O2. The third kappa shape index (κ3) is 3.11. The van der Waals surface area contributed by atoms with Gasteiger partial charge in [-0.2, -0.15) is 0 Å². The van der Waals surface area contributed by atoms with Gasteiger partial charge in [-0.15, -0.1) is 0 Å². The van der Waals surface area contributed by atoms with Crippen molar-refractivity contribution in [2.24, 2.45) is 5.73 Å². The van der Waals surface area contributed by atoms with Crippen LogP contribution in [0.25, 0.3) is 0 Å². The summed E-state index contributed by atoms with van der Waals surface area (Å²) in [6, 6.07) is 7.89. The molecule has 1 saturated heterocycles. The van der Waals surface area contributed by atoms with E-state index in [1.54, 1.807) is 12.0 Å². The minimum atomic E-state index is 0.0154. The summed E-state index contributed by atoms with van der Waals surface area (Å²) in [5.74, 6) is 0.976. The Kier molecular flexibility index (Phi) is 4.98. The summed E-state index contributed by atoms with van der Waals surface area (Å²) in [6.45, 7) is 2.56. The summed E-state index contributed by atoms with van der Waals surface area (Å²) in [5, 5.41) is 0. The summed E-state index contributed by atoms with van der Waals surface area (Å²) in [5.41, 5.74) is 7.02. The van der Waals surface area contributed by atoms with Crippen molar-refractivity contribution in [1.82, 2.24) is 9.80 Å². The average Bonchev–Trinajstić information content (AvgIpc) is 2.63. The van der Waals surface area contributed by atoms with E-state index < -0.39 is 0 Å². The fourth-order valence-corrected chi connectivity index (χ4v) is 2.69. The second-order valence-electron chi connectivity index (χ2n) is 5.13. The van der Waals surface area contributed by atoms with Gasteiger partial charge in [-0.25, -0.2) is 0 Å². The average molecular weight is 277 g/mol. The molecule has 0 spiro atoms. The second kappa shape index (κ2) is 6.72. The highest BCUT2D eigenvalue weighted by Crippen LogP contribution is 2.29. The van der Waals surface area contributed by atoms with Gasteiger partial charge in [-0.3, -0.25) is 9.69 Å². The van der Waals surface area contributed by atoms with Crippen LogP contribution in [0.4, 0.5) is 0 Å². The predicted octanol–water partition coefficient (Wildman–Crippen LogP) is 0.859. The molecular weight excluding hydrogens is 254 g/mol. The van der Waals surface area contributed by atoms with Gasteiger partial charge in [0, 0.05) is 32.2 Å². The summed E-state index contributed by atoms with van der Waals surface area (Å²) in [7, 11) is 3.51. The molecule has 20 heavy (non-hydrogen) atoms. The Morgan fingerprint density at radius 2 is 2.10 bits per heavy atom. The van der Waals surface area contributed by atoms with Gasteiger partial charge in [0.15, 0.2) is 0 Å². The van der Waals surface area contributed by atoms with E-state index in [1.165, 1.54) is 0 Å². The van der Waals surface area contributed by atoms with Crippen LogP contribution < -0.4 is 10.5 Å². The number of benzene rings is 1. The topological polar surface area (TPSA) is 58.8 Å². The SMILES string of the molecule is COc1ccccc1C(CN)N1CCCN(C)C(=O)C1. The van der Waals surface area contributed by atoms with E-state index >= 15 is 0 Å². The van der Waals surface area contributed by atoms with Crippen molar-refractivity contribution in [2.75, 3.05) is 40.3 Å². The van der Waals surface area contributed by atoms with Gasteiger partial charge in [-0.05, 0) is 12.5 Å². The molecule has 5 heteroatoms. The van der Waals surface area contributed by atoms with Gasteiger partial charge in [0.05, 0.1) is 19.7 Å². The lowest BCUT2D eigenvalue weighted by molar-refractivity contribution is -0.130. The van der Waals surface area contributed by atoms with Gasteiger partial charge < -0.3 is 15.4 Å². The molecule has 1 aliphatic heterocycles. The maximum Gasteiger partial charge on any atom is 0.236 e. The van der Waals surface area contributed by atoms with Crippen LogP contribution in [0.5, 0.6) is 5.75 Å². The summed E-state index contributed by atoms with van der Waals surface area (Å²) in [6.07, 6.45) is 0.966. The van der Waals surface area contributed by atoms with Crippen molar-refractivity contribution in [2.45, 2.75) is 12.5 Å². The molecule has 110 valence electrons. The number of ether oxygens (including phenoxy) is 1. The largest absolute Gasteiger partial charge is 0.496 e. The zero-order chi connectivity index (χ0) is 14.5. The number of methoxy groups -OCH3 is 1. The monoisotopic (exact) mass is 277 g/mol. The minimum absolute atomic E-state index is 0.0154. The minimum Gasteiger partial charge on any atom is -0.496 e. The number of nitrogens with two attached hydrogens (primary N) is 1. The lowest BCUT2D eigenvalue weighted by atomic mass is 10.0. The maximum atomic E-state index is 12.0. The van der Waals surface area contributed by atoms with Gasteiger partial charge in [0.1, 0.15) is 5.75 Å². The zero-order valence-electron chi connectivity index (χ0n) is 12.2. The number of hydrogen-bond acceptors (Lipinski definition) is 4. The molecule has 2 rings (SSSR count). The number of hydrogen-bond donors (Lipinski definition) is 1. The number of carbonyl (C=O) groups excluding carboxylic acids is 1. The van der Waals surface area contributed by atoms with Crippen molar-refractivity contribution in [1.29, 1.82) is 0 Å². The molecule has 1 aromatic carbocycles. The molecule has 1 heterocycles. The Bertz CT molecular complexity index is 464. The molecule has 1 aromatic rings. The van der Waals surface area contributed by atoms with E-state index in [2.05, 4.69) is 4.90 Å². The van der Waals surface area contributed by atoms with E-state index in [-0.39, 0.29) is 11.9 Å². The number of carbonyl (C=O) groups is 1. The highest BCUT2D eigenvalue weighted by molar-refractivity contribution is 5.78. The molecule has 1 amide bonds. The molecule has 0 aromatic heterocycles. The van der Waals surface area contributed by atoms with Gasteiger partial charge in [-0.1, -0.05) is 18.2 Å². The molecule has 0 saturated carbocycles. The van der Waals surface area contributed by atoms with Gasteiger partial charge in [0.25, 0.3) is 0 Å². The quantitative estimate of drug-likeness (QED) is 0.887. The van der Waals surface area contributed by atoms with E-state index in [0.29, 0.717) is 13.1 Å². The first-order chi connectivity index (χ1) is 9.67. The standard InChI is InChI=1S/C15H23N3O2/c1-17-8-5-9-18(11-15(17)19)13(10-16)12-6-3-4-7-14(12)20-2/h3-4,6-7,13H,5,8-11,16H2,1-2H3. The lowest BCUT2D eigenvalue weighted by Gasteiger charge is -2.30. The highest BCUT2D eigenvalue weighted by Gasteiger charge is 2.27. The molecule has 0 radical (unpaired) electrons. The van der Waals surface area contributed by atoms with Crippen LogP contribution in [-0.4, -0.2) is 56.0 Å². The third-order valence-electron chi connectivity index (χ3n) is 3.86. The molecule has 1 aliphatic rings. The fourth-order valence-electron chi connectivity index (χ4n) is 2.69. The van der Waals surface area contributed by atoms with Crippen LogP contribution in [0.1, 0.15) is 18.0 Å². The number of nitrogens with zero attached hydrogens (tertiary/aromatic N) is 2. The first-order valence-electron chi connectivity index (χ1n) is 6.98. The predicted molar refractivity (Wildman–Crippen MR) is 78.6 cm³/mol. The van der Waals surface area contributed by atoms with Crippen LogP contribution in [0, 0.1) is 0 Å². The van der Waals surface area contributed by atoms with Crippen molar-refractivity contribution in [3.05, 3.63) is 29.8 Å². The number of likely N-dealkylation sites (N-methyl/N-ethyl adjacent to an activating group) is 1. The number of rotatable bonds is 4. The Labute approximate surface area is 120 Å². The van der Waals surface area contributed by atoms with Gasteiger partial charge in [0.2, 0.25) is 5.91 Å². The first-order valence-corrected chi connectivity index (χ1v) is 6.98. The van der Waals surface area contributed by atoms with Crippen LogP contribution in [0.2, 0.25) is 0 Å². The molecule has 0 aliphatic carbocycles. The number of amides is 1. The smallest absolute Gasteiger partial charge is 0.236 e. The zero-order valence-corrected chi connectivity index (χ0v) is 12.2. The van der Waals surface area contributed by atoms with Gasteiger partial charge >= 0.3 is 0 Å². The lowest BCUT2D eigenvalue weighted by Crippen LogP contribution is -2.39. The number of para-hydroxylation sites is 1. The van der Waals surface area contributed by atoms with Crippen LogP contribution >= 0.6 is 0 Å². The summed E-state index contributed by atoms with van der Waals surface area (Å²) >= 11 is 0. The summed E-state index contributed by atoms with van der Waals surface area (Å²) in [4.78, 5) is 16.0. The van der Waals surface area contributed by atoms with E-state index in [0.717, 1.165) is 30.8 Å². The highest BCUT2D eigenvalue weighted by atomic mass is 16.5. The molecule has 1 unspecified atom stereocenters. The Morgan fingerprint density at radius 1 is 1.35 bits per heavy atom. The first kappa shape index (κ1) is 14.8. The molecule has 1 atom stereocenters. The molecule has 2 N–H and O–H groups in total. The summed E-state index contributed by atoms with van der Waals surface area (Å²) < 4.78 is 5.42. The van der Waals surface area contributed by atoms with E-state index in [4.69, 9.17) is 10.5 Å². The fraction of sp³-hybridized carbons (Fsp3) is 0.533. The van der Waals surface area contributed by atoms with Crippen LogP contribution in [-0.2, 0) is 4.79 Å². The maximum absolute atomic E-state index is 12.0. The molecule has 0 bridgehead atoms. The van der Waals surface area contributed by atoms with Crippen LogP contribution in [0.15, 0.2) is 24.3 Å².